The fourth-order valence-electron chi connectivity index (χ4n) is 0.961. The van der Waals surface area contributed by atoms with Crippen LogP contribution in [0.3, 0.4) is 0 Å². The molecular weight excluding hydrogens is 192 g/mol. The van der Waals surface area contributed by atoms with E-state index in [2.05, 4.69) is 4.89 Å². The van der Waals surface area contributed by atoms with Crippen molar-refractivity contribution in [3.05, 3.63) is 35.4 Å². The lowest BCUT2D eigenvalue weighted by Crippen LogP contribution is -2.09. The van der Waals surface area contributed by atoms with Crippen molar-refractivity contribution in [1.29, 1.82) is 0 Å². The van der Waals surface area contributed by atoms with Crippen LogP contribution in [0, 0.1) is 12.8 Å². The minimum atomic E-state index is -0.448. The van der Waals surface area contributed by atoms with Crippen molar-refractivity contribution in [2.75, 3.05) is 6.61 Å². The zero-order valence-electron chi connectivity index (χ0n) is 9.32. The third-order valence-electron chi connectivity index (χ3n) is 1.82. The molecule has 0 aliphatic rings. The summed E-state index contributed by atoms with van der Waals surface area (Å²) in [6.07, 6.45) is 0. The Hall–Kier alpha value is -1.35. The van der Waals surface area contributed by atoms with E-state index in [4.69, 9.17) is 4.89 Å². The maximum Gasteiger partial charge on any atom is 0.373 e. The number of carbonyl (C=O) groups excluding carboxylic acids is 1. The third-order valence-corrected chi connectivity index (χ3v) is 1.82. The SMILES string of the molecule is Cc1ccc(C(=O)OOCC(C)C)cc1. The van der Waals surface area contributed by atoms with Crippen LogP contribution < -0.4 is 0 Å². The van der Waals surface area contributed by atoms with Crippen LogP contribution in [0.15, 0.2) is 24.3 Å². The van der Waals surface area contributed by atoms with Crippen molar-refractivity contribution < 1.29 is 14.6 Å². The van der Waals surface area contributed by atoms with Crippen LogP contribution in [0.25, 0.3) is 0 Å². The van der Waals surface area contributed by atoms with Crippen molar-refractivity contribution >= 4 is 5.97 Å². The lowest BCUT2D eigenvalue weighted by molar-refractivity contribution is -0.246. The van der Waals surface area contributed by atoms with Gasteiger partial charge < -0.3 is 0 Å². The highest BCUT2D eigenvalue weighted by atomic mass is 17.2. The fourth-order valence-corrected chi connectivity index (χ4v) is 0.961. The van der Waals surface area contributed by atoms with E-state index in [9.17, 15) is 4.79 Å². The summed E-state index contributed by atoms with van der Waals surface area (Å²) in [5, 5.41) is 0. The number of hydrogen-bond acceptors (Lipinski definition) is 3. The van der Waals surface area contributed by atoms with Gasteiger partial charge in [-0.2, -0.15) is 4.89 Å². The van der Waals surface area contributed by atoms with Gasteiger partial charge in [0.25, 0.3) is 0 Å². The van der Waals surface area contributed by atoms with Gasteiger partial charge in [0.15, 0.2) is 0 Å². The topological polar surface area (TPSA) is 35.5 Å². The van der Waals surface area contributed by atoms with Gasteiger partial charge in [-0.3, -0.25) is 4.89 Å². The van der Waals surface area contributed by atoms with E-state index in [0.29, 0.717) is 18.1 Å². The summed E-state index contributed by atoms with van der Waals surface area (Å²) in [4.78, 5) is 20.8. The lowest BCUT2D eigenvalue weighted by atomic mass is 10.2. The Labute approximate surface area is 89.9 Å². The number of aryl methyl sites for hydroxylation is 1. The summed E-state index contributed by atoms with van der Waals surface area (Å²) < 4.78 is 0. The Kier molecular flexibility index (Phi) is 4.31. The molecule has 0 atom stereocenters. The molecule has 1 aromatic rings. The van der Waals surface area contributed by atoms with Crippen LogP contribution in [0.2, 0.25) is 0 Å². The van der Waals surface area contributed by atoms with E-state index in [-0.39, 0.29) is 0 Å². The van der Waals surface area contributed by atoms with Crippen LogP contribution in [-0.4, -0.2) is 12.6 Å². The van der Waals surface area contributed by atoms with Gasteiger partial charge in [-0.1, -0.05) is 31.5 Å². The molecule has 0 spiro atoms. The molecule has 0 aromatic heterocycles. The van der Waals surface area contributed by atoms with Crippen LogP contribution in [0.4, 0.5) is 0 Å². The van der Waals surface area contributed by atoms with Gasteiger partial charge in [-0.05, 0) is 25.0 Å². The molecule has 0 aliphatic heterocycles. The highest BCUT2D eigenvalue weighted by molar-refractivity contribution is 5.88. The summed E-state index contributed by atoms with van der Waals surface area (Å²) in [6.45, 7) is 6.35. The summed E-state index contributed by atoms with van der Waals surface area (Å²) in [7, 11) is 0. The second-order valence-electron chi connectivity index (χ2n) is 3.92. The number of rotatable bonds is 4. The van der Waals surface area contributed by atoms with E-state index in [0.717, 1.165) is 5.56 Å². The molecule has 15 heavy (non-hydrogen) atoms. The molecule has 1 aromatic carbocycles. The smallest absolute Gasteiger partial charge is 0.293 e. The monoisotopic (exact) mass is 208 g/mol. The molecule has 0 saturated heterocycles. The van der Waals surface area contributed by atoms with E-state index < -0.39 is 5.97 Å². The normalized spacial score (nSPS) is 10.4. The van der Waals surface area contributed by atoms with Gasteiger partial charge in [0, 0.05) is 0 Å². The van der Waals surface area contributed by atoms with Gasteiger partial charge in [-0.15, -0.1) is 0 Å². The summed E-state index contributed by atoms with van der Waals surface area (Å²) in [6, 6.07) is 7.16. The van der Waals surface area contributed by atoms with Crippen molar-refractivity contribution in [2.45, 2.75) is 20.8 Å². The molecule has 0 unspecified atom stereocenters. The van der Waals surface area contributed by atoms with Gasteiger partial charge in [0.1, 0.15) is 0 Å². The van der Waals surface area contributed by atoms with E-state index in [1.165, 1.54) is 0 Å². The minimum absolute atomic E-state index is 0.343. The Morgan fingerprint density at radius 1 is 1.27 bits per heavy atom. The van der Waals surface area contributed by atoms with Crippen LogP contribution >= 0.6 is 0 Å². The van der Waals surface area contributed by atoms with E-state index >= 15 is 0 Å². The molecule has 0 saturated carbocycles. The van der Waals surface area contributed by atoms with Gasteiger partial charge >= 0.3 is 5.97 Å². The molecule has 0 heterocycles. The van der Waals surface area contributed by atoms with Crippen LogP contribution in [0.5, 0.6) is 0 Å². The highest BCUT2D eigenvalue weighted by Gasteiger charge is 2.07. The zero-order chi connectivity index (χ0) is 11.3. The summed E-state index contributed by atoms with van der Waals surface area (Å²) in [5.41, 5.74) is 1.61. The highest BCUT2D eigenvalue weighted by Crippen LogP contribution is 2.05. The van der Waals surface area contributed by atoms with Gasteiger partial charge in [0.2, 0.25) is 0 Å². The van der Waals surface area contributed by atoms with Crippen LogP contribution in [0.1, 0.15) is 29.8 Å². The first kappa shape index (κ1) is 11.7. The quantitative estimate of drug-likeness (QED) is 0.563. The lowest BCUT2D eigenvalue weighted by Gasteiger charge is -2.05. The number of benzene rings is 1. The average Bonchev–Trinajstić information content (AvgIpc) is 2.18. The molecule has 3 nitrogen and oxygen atoms in total. The first-order valence-corrected chi connectivity index (χ1v) is 5.00. The molecule has 0 radical (unpaired) electrons. The zero-order valence-corrected chi connectivity index (χ0v) is 9.32. The second-order valence-corrected chi connectivity index (χ2v) is 3.92. The van der Waals surface area contributed by atoms with Gasteiger partial charge in [0.05, 0.1) is 12.2 Å². The molecule has 0 amide bonds. The maximum absolute atomic E-state index is 11.4. The Morgan fingerprint density at radius 3 is 2.40 bits per heavy atom. The molecule has 3 heteroatoms. The van der Waals surface area contributed by atoms with E-state index in [1.54, 1.807) is 12.1 Å². The Morgan fingerprint density at radius 2 is 1.87 bits per heavy atom. The standard InChI is InChI=1S/C12H16O3/c1-9(2)8-14-15-12(13)11-6-4-10(3)5-7-11/h4-7,9H,8H2,1-3H3. The molecule has 82 valence electrons. The molecular formula is C12H16O3. The molecule has 0 bridgehead atoms. The first-order valence-electron chi connectivity index (χ1n) is 5.00. The maximum atomic E-state index is 11.4. The predicted octanol–water partition coefficient (Wildman–Crippen LogP) is 2.74. The van der Waals surface area contributed by atoms with Crippen molar-refractivity contribution in [1.82, 2.24) is 0 Å². The number of hydrogen-bond donors (Lipinski definition) is 0. The first-order chi connectivity index (χ1) is 7.09. The van der Waals surface area contributed by atoms with Crippen molar-refractivity contribution in [2.24, 2.45) is 5.92 Å². The number of carbonyl (C=O) groups is 1. The molecule has 0 aliphatic carbocycles. The summed E-state index contributed by atoms with van der Waals surface area (Å²) in [5.74, 6) is -0.105. The average molecular weight is 208 g/mol. The van der Waals surface area contributed by atoms with Crippen molar-refractivity contribution in [3.8, 4) is 0 Å². The third kappa shape index (κ3) is 4.13. The minimum Gasteiger partial charge on any atom is -0.293 e. The largest absolute Gasteiger partial charge is 0.373 e. The van der Waals surface area contributed by atoms with Crippen LogP contribution in [-0.2, 0) is 9.78 Å². The van der Waals surface area contributed by atoms with Crippen molar-refractivity contribution in [3.63, 3.8) is 0 Å². The Balaban J connectivity index is 2.43. The predicted molar refractivity (Wildman–Crippen MR) is 57.4 cm³/mol. The Bertz CT molecular complexity index is 314. The molecule has 1 rings (SSSR count). The summed E-state index contributed by atoms with van der Waals surface area (Å²) >= 11 is 0. The molecule has 0 fully saturated rings. The van der Waals surface area contributed by atoms with Gasteiger partial charge in [-0.25, -0.2) is 4.79 Å². The van der Waals surface area contributed by atoms with E-state index in [1.807, 2.05) is 32.9 Å². The molecule has 0 N–H and O–H groups in total. The fraction of sp³-hybridized carbons (Fsp3) is 0.417. The second kappa shape index (κ2) is 5.51.